The Hall–Kier alpha value is -3.62. The molecular weight excluding hydrogens is 330 g/mol. The summed E-state index contributed by atoms with van der Waals surface area (Å²) in [6, 6.07) is 3.35. The van der Waals surface area contributed by atoms with Gasteiger partial charge in [-0.1, -0.05) is 0 Å². The number of hydrogen-bond donors (Lipinski definition) is 3. The molecule has 2 aromatic heterocycles. The first-order valence-corrected chi connectivity index (χ1v) is 7.24. The van der Waals surface area contributed by atoms with Crippen molar-refractivity contribution in [1.82, 2.24) is 9.97 Å². The summed E-state index contributed by atoms with van der Waals surface area (Å²) in [4.78, 5) is 31.7. The van der Waals surface area contributed by atoms with E-state index in [1.165, 1.54) is 18.5 Å². The van der Waals surface area contributed by atoms with Crippen LogP contribution in [0.15, 0.2) is 39.8 Å². The number of amides is 1. The van der Waals surface area contributed by atoms with Gasteiger partial charge in [-0.05, 0) is 6.92 Å². The lowest BCUT2D eigenvalue weighted by Gasteiger charge is -2.13. The second-order valence-corrected chi connectivity index (χ2v) is 4.92. The smallest absolute Gasteiger partial charge is 0.411 e. The lowest BCUT2D eigenvalue weighted by Crippen LogP contribution is -2.14. The van der Waals surface area contributed by atoms with Crippen LogP contribution in [0.4, 0.5) is 10.5 Å². The Labute approximate surface area is 140 Å². The molecule has 0 aliphatic heterocycles. The van der Waals surface area contributed by atoms with E-state index in [1.54, 1.807) is 6.92 Å². The molecule has 0 aliphatic carbocycles. The molecule has 25 heavy (non-hydrogen) atoms. The first kappa shape index (κ1) is 16.2. The van der Waals surface area contributed by atoms with E-state index in [4.69, 9.17) is 9.15 Å². The van der Waals surface area contributed by atoms with Crippen molar-refractivity contribution in [2.75, 3.05) is 11.9 Å². The van der Waals surface area contributed by atoms with Gasteiger partial charge in [-0.25, -0.2) is 14.8 Å². The molecule has 3 aromatic rings. The van der Waals surface area contributed by atoms with Crippen molar-refractivity contribution in [2.45, 2.75) is 6.92 Å². The lowest BCUT2D eigenvalue weighted by atomic mass is 10.1. The minimum atomic E-state index is -0.795. The van der Waals surface area contributed by atoms with Crippen molar-refractivity contribution in [1.29, 1.82) is 0 Å². The summed E-state index contributed by atoms with van der Waals surface area (Å²) in [7, 11) is 0. The topological polar surface area (TPSA) is 135 Å². The van der Waals surface area contributed by atoms with Crippen molar-refractivity contribution in [2.24, 2.45) is 0 Å². The largest absolute Gasteiger partial charge is 0.508 e. The Bertz CT molecular complexity index is 1010. The monoisotopic (exact) mass is 343 g/mol. The average Bonchev–Trinajstić information content (AvgIpc) is 2.54. The zero-order chi connectivity index (χ0) is 18.0. The van der Waals surface area contributed by atoms with Crippen LogP contribution in [0, 0.1) is 0 Å². The van der Waals surface area contributed by atoms with Gasteiger partial charge in [0.05, 0.1) is 17.9 Å². The summed E-state index contributed by atoms with van der Waals surface area (Å²) in [5, 5.41) is 22.2. The number of nitrogens with zero attached hydrogens (tertiary/aromatic N) is 2. The van der Waals surface area contributed by atoms with Crippen molar-refractivity contribution >= 4 is 23.0 Å². The first-order chi connectivity index (χ1) is 12.0. The van der Waals surface area contributed by atoms with Crippen molar-refractivity contribution in [3.8, 4) is 22.8 Å². The molecule has 0 saturated heterocycles. The van der Waals surface area contributed by atoms with Crippen LogP contribution in [0.3, 0.4) is 0 Å². The minimum absolute atomic E-state index is 0.00217. The molecular formula is C16H13N3O6. The Morgan fingerprint density at radius 2 is 2.00 bits per heavy atom. The number of hydrogen-bond acceptors (Lipinski definition) is 8. The van der Waals surface area contributed by atoms with E-state index in [2.05, 4.69) is 15.3 Å². The molecule has 1 amide bonds. The minimum Gasteiger partial charge on any atom is -0.508 e. The van der Waals surface area contributed by atoms with E-state index in [0.717, 1.165) is 12.1 Å². The maximum atomic E-state index is 12.2. The number of fused-ring (bicyclic) bond motifs is 1. The lowest BCUT2D eigenvalue weighted by molar-refractivity contribution is 0.168. The summed E-state index contributed by atoms with van der Waals surface area (Å²) in [5.41, 5.74) is -0.472. The van der Waals surface area contributed by atoms with Crippen LogP contribution in [-0.4, -0.2) is 32.9 Å². The van der Waals surface area contributed by atoms with Gasteiger partial charge in [0.2, 0.25) is 11.1 Å². The number of carbonyl (C=O) groups excluding carboxylic acids is 1. The van der Waals surface area contributed by atoms with Crippen LogP contribution < -0.4 is 10.7 Å². The fourth-order valence-corrected chi connectivity index (χ4v) is 2.26. The van der Waals surface area contributed by atoms with Crippen LogP contribution in [0.2, 0.25) is 0 Å². The van der Waals surface area contributed by atoms with Crippen LogP contribution in [-0.2, 0) is 4.74 Å². The molecule has 9 heteroatoms. The number of benzene rings is 1. The third-order valence-corrected chi connectivity index (χ3v) is 3.23. The Morgan fingerprint density at radius 3 is 2.76 bits per heavy atom. The van der Waals surface area contributed by atoms with Gasteiger partial charge in [0.25, 0.3) is 0 Å². The Morgan fingerprint density at radius 1 is 1.24 bits per heavy atom. The van der Waals surface area contributed by atoms with Crippen molar-refractivity contribution < 1.29 is 24.2 Å². The normalized spacial score (nSPS) is 10.6. The first-order valence-electron chi connectivity index (χ1n) is 7.24. The number of phenols is 2. The van der Waals surface area contributed by atoms with Crippen molar-refractivity contribution in [3.63, 3.8) is 0 Å². The van der Waals surface area contributed by atoms with Gasteiger partial charge in [-0.2, -0.15) is 0 Å². The Balaban J connectivity index is 2.19. The fraction of sp³-hybridized carbons (Fsp3) is 0.125. The number of carbonyl (C=O) groups is 1. The average molecular weight is 343 g/mol. The molecule has 0 spiro atoms. The van der Waals surface area contributed by atoms with E-state index in [-0.39, 0.29) is 40.6 Å². The molecule has 1 aromatic carbocycles. The zero-order valence-electron chi connectivity index (χ0n) is 13.0. The molecule has 0 aliphatic rings. The number of aromatic nitrogens is 2. The van der Waals surface area contributed by atoms with Gasteiger partial charge in [-0.15, -0.1) is 0 Å². The third kappa shape index (κ3) is 3.20. The van der Waals surface area contributed by atoms with Gasteiger partial charge >= 0.3 is 6.09 Å². The highest BCUT2D eigenvalue weighted by Gasteiger charge is 2.19. The van der Waals surface area contributed by atoms with E-state index in [9.17, 15) is 19.8 Å². The standard InChI is InChI=1S/C16H13N3O6/c1-2-24-16(23)19-9-5-8(20)6-10(21)13(9)12-7-11(22)14-15(25-12)18-4-3-17-14/h3-7,20-21H,2H2,1H3,(H,19,23). The second kappa shape index (κ2) is 6.48. The van der Waals surface area contributed by atoms with E-state index < -0.39 is 17.3 Å². The van der Waals surface area contributed by atoms with Gasteiger partial charge in [0, 0.05) is 30.6 Å². The van der Waals surface area contributed by atoms with Crippen molar-refractivity contribution in [3.05, 3.63) is 40.8 Å². The van der Waals surface area contributed by atoms with Crippen LogP contribution in [0.25, 0.3) is 22.6 Å². The van der Waals surface area contributed by atoms with Gasteiger partial charge < -0.3 is 19.4 Å². The highest BCUT2D eigenvalue weighted by Crippen LogP contribution is 2.39. The van der Waals surface area contributed by atoms with Gasteiger partial charge in [0.1, 0.15) is 17.3 Å². The highest BCUT2D eigenvalue weighted by atomic mass is 16.5. The predicted molar refractivity (Wildman–Crippen MR) is 87.5 cm³/mol. The quantitative estimate of drug-likeness (QED) is 0.659. The predicted octanol–water partition coefficient (Wildman–Crippen LogP) is 2.23. The molecule has 0 unspecified atom stereocenters. The number of phenolic OH excluding ortho intramolecular Hbond substituents is 2. The van der Waals surface area contributed by atoms with E-state index in [0.29, 0.717) is 0 Å². The number of ether oxygens (including phenoxy) is 1. The molecule has 0 radical (unpaired) electrons. The molecule has 0 atom stereocenters. The molecule has 3 N–H and O–H groups in total. The number of aromatic hydroxyl groups is 2. The summed E-state index contributed by atoms with van der Waals surface area (Å²) in [5.74, 6) is -0.753. The molecule has 0 bridgehead atoms. The summed E-state index contributed by atoms with van der Waals surface area (Å²) in [6.07, 6.45) is 1.91. The molecule has 2 heterocycles. The van der Waals surface area contributed by atoms with Gasteiger partial charge in [-0.3, -0.25) is 10.1 Å². The number of rotatable bonds is 3. The number of anilines is 1. The third-order valence-electron chi connectivity index (χ3n) is 3.23. The van der Waals surface area contributed by atoms with Crippen LogP contribution in [0.1, 0.15) is 6.92 Å². The molecule has 0 fully saturated rings. The highest BCUT2D eigenvalue weighted by molar-refractivity contribution is 5.93. The summed E-state index contributed by atoms with van der Waals surface area (Å²) < 4.78 is 10.3. The Kier molecular flexibility index (Phi) is 4.21. The SMILES string of the molecule is CCOC(=O)Nc1cc(O)cc(O)c1-c1cc(=O)c2nccnc2o1. The second-order valence-electron chi connectivity index (χ2n) is 4.92. The maximum Gasteiger partial charge on any atom is 0.411 e. The molecule has 9 nitrogen and oxygen atoms in total. The summed E-state index contributed by atoms with van der Waals surface area (Å²) in [6.45, 7) is 1.76. The zero-order valence-corrected chi connectivity index (χ0v) is 13.0. The molecule has 3 rings (SSSR count). The maximum absolute atomic E-state index is 12.2. The van der Waals surface area contributed by atoms with Gasteiger partial charge in [0.15, 0.2) is 5.52 Å². The number of nitrogens with one attached hydrogen (secondary N) is 1. The molecule has 0 saturated carbocycles. The summed E-state index contributed by atoms with van der Waals surface area (Å²) >= 11 is 0. The molecule has 128 valence electrons. The fourth-order valence-electron chi connectivity index (χ4n) is 2.26. The van der Waals surface area contributed by atoms with E-state index in [1.807, 2.05) is 0 Å². The van der Waals surface area contributed by atoms with Crippen LogP contribution >= 0.6 is 0 Å². The van der Waals surface area contributed by atoms with Crippen LogP contribution in [0.5, 0.6) is 11.5 Å². The van der Waals surface area contributed by atoms with E-state index >= 15 is 0 Å².